The van der Waals surface area contributed by atoms with E-state index in [1.54, 1.807) is 12.1 Å². The molecule has 3 amide bonds. The molecule has 0 aliphatic carbocycles. The first-order chi connectivity index (χ1) is 21.5. The molecule has 3 N–H and O–H groups in total. The number of hydrogen-bond donors (Lipinski definition) is 3. The first kappa shape index (κ1) is 31.2. The first-order valence-electron chi connectivity index (χ1n) is 15.7. The molecule has 2 aliphatic heterocycles. The number of benzene rings is 3. The van der Waals surface area contributed by atoms with Crippen LogP contribution in [-0.4, -0.2) is 79.6 Å². The van der Waals surface area contributed by atoms with E-state index >= 15 is 0 Å². The van der Waals surface area contributed by atoms with Gasteiger partial charge in [-0.2, -0.15) is 0 Å². The maximum Gasteiger partial charge on any atom is 0.411 e. The van der Waals surface area contributed by atoms with Gasteiger partial charge in [-0.15, -0.1) is 0 Å². The van der Waals surface area contributed by atoms with Crippen LogP contribution in [0.3, 0.4) is 0 Å². The number of amides is 3. The Bertz CT molecular complexity index is 1420. The van der Waals surface area contributed by atoms with Gasteiger partial charge in [0.25, 0.3) is 5.91 Å². The summed E-state index contributed by atoms with van der Waals surface area (Å²) in [6, 6.07) is 23.1. The lowest BCUT2D eigenvalue weighted by atomic mass is 10.0. The molecule has 0 radical (unpaired) electrons. The van der Waals surface area contributed by atoms with Crippen LogP contribution in [0.1, 0.15) is 48.0 Å². The molecule has 2 fully saturated rings. The molecule has 0 bridgehead atoms. The minimum absolute atomic E-state index is 0.0283. The van der Waals surface area contributed by atoms with Gasteiger partial charge < -0.3 is 25.2 Å². The van der Waals surface area contributed by atoms with Gasteiger partial charge in [-0.05, 0) is 75.0 Å². The Hall–Kier alpha value is -4.21. The predicted octanol–water partition coefficient (Wildman–Crippen LogP) is 5.53. The van der Waals surface area contributed by atoms with Crippen LogP contribution in [0.4, 0.5) is 16.2 Å². The Balaban J connectivity index is 1.02. The summed E-state index contributed by atoms with van der Waals surface area (Å²) in [5.41, 5.74) is 4.70. The lowest BCUT2D eigenvalue weighted by Gasteiger charge is -2.31. The Morgan fingerprint density at radius 1 is 0.773 bits per heavy atom. The minimum atomic E-state index is -0.445. The van der Waals surface area contributed by atoms with Gasteiger partial charge in [-0.25, -0.2) is 4.79 Å². The van der Waals surface area contributed by atoms with Gasteiger partial charge >= 0.3 is 6.09 Å². The second kappa shape index (κ2) is 15.5. The van der Waals surface area contributed by atoms with Crippen LogP contribution in [0.15, 0.2) is 72.8 Å². The van der Waals surface area contributed by atoms with Gasteiger partial charge in [-0.3, -0.25) is 14.9 Å². The van der Waals surface area contributed by atoms with Crippen molar-refractivity contribution in [1.29, 1.82) is 0 Å². The summed E-state index contributed by atoms with van der Waals surface area (Å²) in [7, 11) is 0. The van der Waals surface area contributed by atoms with Crippen LogP contribution in [0.5, 0.6) is 0 Å². The fourth-order valence-corrected chi connectivity index (χ4v) is 5.92. The highest BCUT2D eigenvalue weighted by molar-refractivity contribution is 5.99. The molecule has 232 valence electrons. The molecule has 0 atom stereocenters. The van der Waals surface area contributed by atoms with E-state index in [9.17, 15) is 14.4 Å². The van der Waals surface area contributed by atoms with Crippen molar-refractivity contribution in [2.24, 2.45) is 0 Å². The van der Waals surface area contributed by atoms with E-state index < -0.39 is 6.09 Å². The van der Waals surface area contributed by atoms with Gasteiger partial charge in [0.2, 0.25) is 5.91 Å². The van der Waals surface area contributed by atoms with Crippen LogP contribution in [-0.2, 0) is 9.53 Å². The molecule has 5 rings (SSSR count). The summed E-state index contributed by atoms with van der Waals surface area (Å²) in [6.45, 7) is 7.55. The lowest BCUT2D eigenvalue weighted by molar-refractivity contribution is -0.116. The van der Waals surface area contributed by atoms with E-state index in [0.29, 0.717) is 30.8 Å². The molecule has 3 aromatic carbocycles. The monoisotopic (exact) mass is 597 g/mol. The van der Waals surface area contributed by atoms with Crippen molar-refractivity contribution in [3.63, 3.8) is 0 Å². The van der Waals surface area contributed by atoms with Crippen molar-refractivity contribution in [3.8, 4) is 11.1 Å². The number of nitrogens with one attached hydrogen (secondary N) is 3. The van der Waals surface area contributed by atoms with E-state index in [4.69, 9.17) is 4.74 Å². The number of carbonyl (C=O) groups excluding carboxylic acids is 3. The van der Waals surface area contributed by atoms with Gasteiger partial charge in [0.15, 0.2) is 0 Å². The van der Waals surface area contributed by atoms with Gasteiger partial charge in [0.05, 0.1) is 5.69 Å². The molecule has 0 aromatic heterocycles. The Morgan fingerprint density at radius 2 is 1.45 bits per heavy atom. The summed E-state index contributed by atoms with van der Waals surface area (Å²) < 4.78 is 5.75. The normalized spacial score (nSPS) is 15.9. The highest BCUT2D eigenvalue weighted by Gasteiger charge is 2.23. The van der Waals surface area contributed by atoms with E-state index in [2.05, 4.69) is 25.8 Å². The average molecular weight is 598 g/mol. The third-order valence-electron chi connectivity index (χ3n) is 8.48. The SMILES string of the molecule is Cc1c(NC(=O)CCN2CCCC2)cccc1C(=O)NCCN1CCC(OC(=O)Nc2ccccc2-c2ccccc2)CC1. The van der Waals surface area contributed by atoms with Crippen molar-refractivity contribution in [3.05, 3.63) is 83.9 Å². The molecular formula is C35H43N5O4. The summed E-state index contributed by atoms with van der Waals surface area (Å²) >= 11 is 0. The van der Waals surface area contributed by atoms with Crippen LogP contribution in [0.25, 0.3) is 11.1 Å². The van der Waals surface area contributed by atoms with Crippen molar-refractivity contribution < 1.29 is 19.1 Å². The number of para-hydroxylation sites is 1. The van der Waals surface area contributed by atoms with Crippen molar-refractivity contribution in [1.82, 2.24) is 15.1 Å². The zero-order valence-corrected chi connectivity index (χ0v) is 25.5. The lowest BCUT2D eigenvalue weighted by Crippen LogP contribution is -2.42. The Labute approximate surface area is 260 Å². The molecule has 0 unspecified atom stereocenters. The van der Waals surface area contributed by atoms with E-state index in [1.165, 1.54) is 12.8 Å². The molecule has 9 nitrogen and oxygen atoms in total. The average Bonchev–Trinajstić information content (AvgIpc) is 3.56. The van der Waals surface area contributed by atoms with E-state index in [0.717, 1.165) is 67.9 Å². The van der Waals surface area contributed by atoms with Gasteiger partial charge in [0.1, 0.15) is 6.10 Å². The number of ether oxygens (including phenoxy) is 1. The number of likely N-dealkylation sites (tertiary alicyclic amines) is 2. The summed E-state index contributed by atoms with van der Waals surface area (Å²) in [5, 5.41) is 8.93. The fraction of sp³-hybridized carbons (Fsp3) is 0.400. The van der Waals surface area contributed by atoms with Crippen LogP contribution >= 0.6 is 0 Å². The number of anilines is 2. The maximum absolute atomic E-state index is 13.0. The largest absolute Gasteiger partial charge is 0.446 e. The zero-order valence-electron chi connectivity index (χ0n) is 25.5. The van der Waals surface area contributed by atoms with Crippen molar-refractivity contribution >= 4 is 29.3 Å². The van der Waals surface area contributed by atoms with Crippen LogP contribution in [0.2, 0.25) is 0 Å². The molecule has 0 saturated carbocycles. The third kappa shape index (κ3) is 8.67. The number of carbonyl (C=O) groups is 3. The van der Waals surface area contributed by atoms with Crippen molar-refractivity contribution in [2.75, 3.05) is 56.4 Å². The van der Waals surface area contributed by atoms with Gasteiger partial charge in [0, 0.05) is 56.0 Å². The maximum atomic E-state index is 13.0. The molecule has 9 heteroatoms. The number of nitrogens with zero attached hydrogens (tertiary/aromatic N) is 2. The number of piperidine rings is 1. The molecule has 44 heavy (non-hydrogen) atoms. The smallest absolute Gasteiger partial charge is 0.411 e. The second-order valence-electron chi connectivity index (χ2n) is 11.6. The highest BCUT2D eigenvalue weighted by atomic mass is 16.6. The number of rotatable bonds is 11. The second-order valence-corrected chi connectivity index (χ2v) is 11.6. The molecule has 2 heterocycles. The predicted molar refractivity (Wildman–Crippen MR) is 174 cm³/mol. The molecular weight excluding hydrogens is 554 g/mol. The molecule has 3 aromatic rings. The Kier molecular flexibility index (Phi) is 11.0. The van der Waals surface area contributed by atoms with E-state index in [1.807, 2.05) is 67.6 Å². The minimum Gasteiger partial charge on any atom is -0.446 e. The van der Waals surface area contributed by atoms with Crippen LogP contribution < -0.4 is 16.0 Å². The zero-order chi connectivity index (χ0) is 30.7. The summed E-state index contributed by atoms with van der Waals surface area (Å²) in [4.78, 5) is 42.8. The van der Waals surface area contributed by atoms with Crippen molar-refractivity contribution in [2.45, 2.75) is 45.1 Å². The Morgan fingerprint density at radius 3 is 2.23 bits per heavy atom. The topological polar surface area (TPSA) is 103 Å². The van der Waals surface area contributed by atoms with Crippen LogP contribution in [0, 0.1) is 6.92 Å². The molecule has 2 aliphatic rings. The highest BCUT2D eigenvalue weighted by Crippen LogP contribution is 2.28. The summed E-state index contributed by atoms with van der Waals surface area (Å²) in [6.07, 6.45) is 3.73. The molecule has 0 spiro atoms. The number of hydrogen-bond acceptors (Lipinski definition) is 6. The third-order valence-corrected chi connectivity index (χ3v) is 8.48. The molecule has 2 saturated heterocycles. The van der Waals surface area contributed by atoms with E-state index in [-0.39, 0.29) is 17.9 Å². The summed E-state index contributed by atoms with van der Waals surface area (Å²) in [5.74, 6) is -0.180. The standard InChI is InChI=1S/C35H43N5O4/c1-26-29(13-9-15-31(26)37-33(41)18-24-39-20-7-8-21-39)34(42)36-19-25-40-22-16-28(17-23-40)44-35(43)38-32-14-6-5-12-30(32)27-10-3-2-4-11-27/h2-6,9-15,28H,7-8,16-25H2,1H3,(H,36,42)(H,37,41)(H,38,43). The first-order valence-corrected chi connectivity index (χ1v) is 15.7. The fourth-order valence-electron chi connectivity index (χ4n) is 5.92. The quantitative estimate of drug-likeness (QED) is 0.269. The van der Waals surface area contributed by atoms with Gasteiger partial charge in [-0.1, -0.05) is 54.6 Å².